The lowest BCUT2D eigenvalue weighted by molar-refractivity contribution is -0.113. The molecule has 3 rings (SSSR count). The summed E-state index contributed by atoms with van der Waals surface area (Å²) in [6, 6.07) is 15.7. The zero-order chi connectivity index (χ0) is 23.3. The van der Waals surface area contributed by atoms with Crippen LogP contribution in [-0.4, -0.2) is 26.4 Å². The predicted octanol–water partition coefficient (Wildman–Crippen LogP) is 6.23. The summed E-state index contributed by atoms with van der Waals surface area (Å²) in [5.41, 5.74) is 2.12. The molecular weight excluding hydrogens is 488 g/mol. The van der Waals surface area contributed by atoms with Crippen molar-refractivity contribution in [2.75, 3.05) is 11.1 Å². The second-order valence-electron chi connectivity index (χ2n) is 8.46. The fraction of sp³-hybridized carbons (Fsp3) is 0.375. The Morgan fingerprint density at radius 2 is 1.78 bits per heavy atom. The van der Waals surface area contributed by atoms with Gasteiger partial charge in [-0.15, -0.1) is 10.2 Å². The average Bonchev–Trinajstić information content (AvgIpc) is 3.17. The van der Waals surface area contributed by atoms with Crippen molar-refractivity contribution in [2.24, 2.45) is 0 Å². The zero-order valence-corrected chi connectivity index (χ0v) is 21.5. The van der Waals surface area contributed by atoms with E-state index in [9.17, 15) is 4.79 Å². The van der Waals surface area contributed by atoms with Crippen molar-refractivity contribution >= 4 is 39.3 Å². The molecule has 0 aliphatic carbocycles. The van der Waals surface area contributed by atoms with E-state index in [2.05, 4.69) is 64.3 Å². The van der Waals surface area contributed by atoms with Crippen molar-refractivity contribution in [3.05, 3.63) is 64.4 Å². The van der Waals surface area contributed by atoms with Gasteiger partial charge in [-0.2, -0.15) is 0 Å². The largest absolute Gasteiger partial charge is 0.483 e. The normalized spacial score (nSPS) is 12.4. The van der Waals surface area contributed by atoms with Crippen LogP contribution >= 0.6 is 27.7 Å². The van der Waals surface area contributed by atoms with Crippen LogP contribution in [0.4, 0.5) is 5.69 Å². The number of nitrogens with one attached hydrogen (secondary N) is 1. The van der Waals surface area contributed by atoms with Gasteiger partial charge < -0.3 is 14.6 Å². The van der Waals surface area contributed by atoms with E-state index in [1.54, 1.807) is 0 Å². The van der Waals surface area contributed by atoms with Gasteiger partial charge in [-0.3, -0.25) is 4.79 Å². The van der Waals surface area contributed by atoms with E-state index in [0.717, 1.165) is 21.7 Å². The number of thioether (sulfide) groups is 1. The Morgan fingerprint density at radius 3 is 2.38 bits per heavy atom. The second-order valence-corrected chi connectivity index (χ2v) is 10.3. The molecule has 0 aliphatic heterocycles. The number of halogens is 1. The van der Waals surface area contributed by atoms with Gasteiger partial charge in [-0.1, -0.05) is 60.6 Å². The van der Waals surface area contributed by atoms with Crippen LogP contribution in [0.2, 0.25) is 0 Å². The Morgan fingerprint density at radius 1 is 1.12 bits per heavy atom. The number of carbonyl (C=O) groups excluding carboxylic acids is 1. The number of anilines is 1. The van der Waals surface area contributed by atoms with Crippen LogP contribution in [0.3, 0.4) is 0 Å². The van der Waals surface area contributed by atoms with Crippen LogP contribution < -0.4 is 10.1 Å². The van der Waals surface area contributed by atoms with E-state index in [4.69, 9.17) is 4.74 Å². The average molecular weight is 517 g/mol. The summed E-state index contributed by atoms with van der Waals surface area (Å²) in [6.07, 6.45) is -0.270. The maximum atomic E-state index is 12.3. The zero-order valence-electron chi connectivity index (χ0n) is 19.1. The number of benzene rings is 2. The highest BCUT2D eigenvalue weighted by atomic mass is 79.9. The molecule has 1 aromatic heterocycles. The van der Waals surface area contributed by atoms with Gasteiger partial charge in [-0.05, 0) is 61.2 Å². The number of hydrogen-bond donors (Lipinski definition) is 1. The van der Waals surface area contributed by atoms with Crippen LogP contribution in [0, 0.1) is 0 Å². The van der Waals surface area contributed by atoms with Gasteiger partial charge in [0.05, 0.1) is 5.75 Å². The maximum absolute atomic E-state index is 12.3. The minimum atomic E-state index is -0.270. The van der Waals surface area contributed by atoms with E-state index in [1.807, 2.05) is 54.8 Å². The number of rotatable bonds is 8. The molecular formula is C24H29BrN4O2S. The van der Waals surface area contributed by atoms with Gasteiger partial charge in [0.15, 0.2) is 17.1 Å². The lowest BCUT2D eigenvalue weighted by Crippen LogP contribution is -2.15. The molecule has 0 spiro atoms. The first-order chi connectivity index (χ1) is 15.2. The topological polar surface area (TPSA) is 69.0 Å². The van der Waals surface area contributed by atoms with Crippen LogP contribution in [0.25, 0.3) is 0 Å². The van der Waals surface area contributed by atoms with Gasteiger partial charge in [0.25, 0.3) is 0 Å². The smallest absolute Gasteiger partial charge is 0.234 e. The van der Waals surface area contributed by atoms with Crippen molar-refractivity contribution in [3.8, 4) is 5.75 Å². The first-order valence-corrected chi connectivity index (χ1v) is 12.3. The standard InChI is InChI=1S/C24H29BrN4O2S/c1-6-29-22(16(2)31-20-13-7-17(8-14-20)24(3,4)5)27-28-23(29)32-15-21(30)26-19-11-9-18(25)10-12-19/h7-14,16H,6,15H2,1-5H3,(H,26,30). The molecule has 32 heavy (non-hydrogen) atoms. The Hall–Kier alpha value is -2.32. The van der Waals surface area contributed by atoms with Gasteiger partial charge in [0, 0.05) is 16.7 Å². The molecule has 0 aliphatic rings. The molecule has 0 saturated carbocycles. The molecule has 6 nitrogen and oxygen atoms in total. The van der Waals surface area contributed by atoms with Crippen LogP contribution in [-0.2, 0) is 16.8 Å². The summed E-state index contributed by atoms with van der Waals surface area (Å²) in [5.74, 6) is 1.69. The van der Waals surface area contributed by atoms with E-state index >= 15 is 0 Å². The van der Waals surface area contributed by atoms with Crippen molar-refractivity contribution in [2.45, 2.75) is 57.8 Å². The van der Waals surface area contributed by atoms with Crippen molar-refractivity contribution in [3.63, 3.8) is 0 Å². The Bertz CT molecular complexity index is 1040. The minimum absolute atomic E-state index is 0.0900. The lowest BCUT2D eigenvalue weighted by Gasteiger charge is -2.20. The highest BCUT2D eigenvalue weighted by Crippen LogP contribution is 2.28. The van der Waals surface area contributed by atoms with Crippen molar-refractivity contribution in [1.82, 2.24) is 14.8 Å². The third-order valence-electron chi connectivity index (χ3n) is 4.92. The summed E-state index contributed by atoms with van der Waals surface area (Å²) in [7, 11) is 0. The highest BCUT2D eigenvalue weighted by molar-refractivity contribution is 9.10. The van der Waals surface area contributed by atoms with Crippen molar-refractivity contribution in [1.29, 1.82) is 0 Å². The van der Waals surface area contributed by atoms with E-state index < -0.39 is 0 Å². The number of carbonyl (C=O) groups is 1. The fourth-order valence-electron chi connectivity index (χ4n) is 3.16. The molecule has 0 fully saturated rings. The monoisotopic (exact) mass is 516 g/mol. The molecule has 2 aromatic carbocycles. The second kappa shape index (κ2) is 10.5. The predicted molar refractivity (Wildman–Crippen MR) is 133 cm³/mol. The molecule has 0 radical (unpaired) electrons. The molecule has 0 saturated heterocycles. The number of nitrogens with zero attached hydrogens (tertiary/aromatic N) is 3. The number of hydrogen-bond acceptors (Lipinski definition) is 5. The fourth-order valence-corrected chi connectivity index (χ4v) is 4.23. The number of ether oxygens (including phenoxy) is 1. The third-order valence-corrected chi connectivity index (χ3v) is 6.41. The maximum Gasteiger partial charge on any atom is 0.234 e. The SMILES string of the molecule is CCn1c(SCC(=O)Nc2ccc(Br)cc2)nnc1C(C)Oc1ccc(C(C)(C)C)cc1. The molecule has 1 N–H and O–H groups in total. The van der Waals surface area contributed by atoms with Crippen LogP contribution in [0.15, 0.2) is 58.2 Å². The first-order valence-electron chi connectivity index (χ1n) is 10.6. The van der Waals surface area contributed by atoms with Gasteiger partial charge >= 0.3 is 0 Å². The molecule has 170 valence electrons. The molecule has 1 heterocycles. The number of amides is 1. The summed E-state index contributed by atoms with van der Waals surface area (Å²) in [5, 5.41) is 12.2. The molecule has 1 amide bonds. The van der Waals surface area contributed by atoms with E-state index in [0.29, 0.717) is 11.7 Å². The van der Waals surface area contributed by atoms with E-state index in [1.165, 1.54) is 17.3 Å². The van der Waals surface area contributed by atoms with E-state index in [-0.39, 0.29) is 23.2 Å². The molecule has 1 unspecified atom stereocenters. The Labute approximate surface area is 202 Å². The molecule has 0 bridgehead atoms. The van der Waals surface area contributed by atoms with Gasteiger partial charge in [0.1, 0.15) is 5.75 Å². The van der Waals surface area contributed by atoms with Crippen molar-refractivity contribution < 1.29 is 9.53 Å². The first kappa shape index (κ1) is 24.3. The summed E-state index contributed by atoms with van der Waals surface area (Å²) in [6.45, 7) is 11.2. The Balaban J connectivity index is 1.62. The third kappa shape index (κ3) is 6.36. The molecule has 8 heteroatoms. The Kier molecular flexibility index (Phi) is 8.00. The molecule has 3 aromatic rings. The molecule has 1 atom stereocenters. The summed E-state index contributed by atoms with van der Waals surface area (Å²) in [4.78, 5) is 12.3. The van der Waals surface area contributed by atoms with Crippen LogP contribution in [0.1, 0.15) is 52.1 Å². The quantitative estimate of drug-likeness (QED) is 0.359. The lowest BCUT2D eigenvalue weighted by atomic mass is 9.87. The van der Waals surface area contributed by atoms with Gasteiger partial charge in [0.2, 0.25) is 5.91 Å². The minimum Gasteiger partial charge on any atom is -0.483 e. The summed E-state index contributed by atoms with van der Waals surface area (Å²) < 4.78 is 9.08. The summed E-state index contributed by atoms with van der Waals surface area (Å²) >= 11 is 4.75. The highest BCUT2D eigenvalue weighted by Gasteiger charge is 2.20. The van der Waals surface area contributed by atoms with Crippen LogP contribution in [0.5, 0.6) is 5.75 Å². The number of aromatic nitrogens is 3. The van der Waals surface area contributed by atoms with Gasteiger partial charge in [-0.25, -0.2) is 0 Å².